The average Bonchev–Trinajstić information content (AvgIpc) is 3.89. The first kappa shape index (κ1) is 24.9. The van der Waals surface area contributed by atoms with Crippen LogP contribution in [0.3, 0.4) is 0 Å². The van der Waals surface area contributed by atoms with Gasteiger partial charge in [-0.1, -0.05) is 30.3 Å². The number of carbonyl (C=O) groups is 2. The van der Waals surface area contributed by atoms with Gasteiger partial charge in [0.05, 0.1) is 11.7 Å². The summed E-state index contributed by atoms with van der Waals surface area (Å²) in [6, 6.07) is 17.1. The van der Waals surface area contributed by atoms with Crippen LogP contribution in [-0.2, 0) is 11.2 Å². The van der Waals surface area contributed by atoms with Crippen LogP contribution in [0.1, 0.15) is 83.9 Å². The number of fused-ring (bicyclic) bond motifs is 2. The number of rotatable bonds is 6. The van der Waals surface area contributed by atoms with Crippen LogP contribution in [0.2, 0.25) is 0 Å². The van der Waals surface area contributed by atoms with Crippen LogP contribution in [0.4, 0.5) is 4.39 Å². The van der Waals surface area contributed by atoms with Crippen LogP contribution in [0.5, 0.6) is 0 Å². The lowest BCUT2D eigenvalue weighted by Crippen LogP contribution is -2.39. The van der Waals surface area contributed by atoms with Gasteiger partial charge in [-0.2, -0.15) is 5.10 Å². The summed E-state index contributed by atoms with van der Waals surface area (Å²) in [5, 5.41) is 7.60. The molecule has 3 heterocycles. The van der Waals surface area contributed by atoms with E-state index in [0.717, 1.165) is 36.9 Å². The number of nitrogens with zero attached hydrogens (tertiary/aromatic N) is 4. The molecule has 2 aromatic carbocycles. The highest BCUT2D eigenvalue weighted by atomic mass is 19.1. The van der Waals surface area contributed by atoms with Gasteiger partial charge in [0.25, 0.3) is 5.91 Å². The van der Waals surface area contributed by atoms with E-state index in [-0.39, 0.29) is 35.5 Å². The molecule has 3 aliphatic rings. The second-order valence-electron chi connectivity index (χ2n) is 11.3. The molecule has 2 amide bonds. The van der Waals surface area contributed by atoms with Gasteiger partial charge in [0, 0.05) is 42.2 Å². The first-order chi connectivity index (χ1) is 19.4. The van der Waals surface area contributed by atoms with E-state index in [1.165, 1.54) is 17.2 Å². The highest BCUT2D eigenvalue weighted by Crippen LogP contribution is 2.48. The molecule has 7 nitrogen and oxygen atoms in total. The molecule has 2 saturated carbocycles. The SMILES string of the molecule is CCNC(=O)[C@H]1C[C@@H]1c1ccc(-c2cc3nc(C(=O)N4CCc5ccccc5[C@H]4C)cc(C4CC4)n3n2)c(F)c1. The number of aromatic nitrogens is 3. The molecule has 8 heteroatoms. The summed E-state index contributed by atoms with van der Waals surface area (Å²) in [5.74, 6) is -0.139. The van der Waals surface area contributed by atoms with E-state index in [1.807, 2.05) is 36.1 Å². The van der Waals surface area contributed by atoms with Crippen molar-refractivity contribution in [3.8, 4) is 11.3 Å². The van der Waals surface area contributed by atoms with Gasteiger partial charge in [-0.05, 0) is 80.3 Å². The standard InChI is InChI=1S/C32H32FN5O2/c1-3-34-31(39)25-15-24(25)21-10-11-23(26(33)14-21)27-17-30-35-28(16-29(20-8-9-20)38(30)36-27)32(40)37-13-12-19-6-4-5-7-22(19)18(37)2/h4-7,10-11,14,16-18,20,24-25H,3,8-9,12-13,15H2,1-2H3,(H,34,39)/t18-,24-,25+/m1/s1. The Kier molecular flexibility index (Phi) is 5.95. The lowest BCUT2D eigenvalue weighted by molar-refractivity contribution is -0.122. The van der Waals surface area contributed by atoms with E-state index in [0.29, 0.717) is 41.6 Å². The Hall–Kier alpha value is -4.07. The molecule has 204 valence electrons. The summed E-state index contributed by atoms with van der Waals surface area (Å²) >= 11 is 0. The van der Waals surface area contributed by atoms with Gasteiger partial charge < -0.3 is 10.2 Å². The molecule has 0 spiro atoms. The second-order valence-corrected chi connectivity index (χ2v) is 11.3. The van der Waals surface area contributed by atoms with Crippen molar-refractivity contribution in [1.29, 1.82) is 0 Å². The molecule has 2 aromatic heterocycles. The minimum atomic E-state index is -0.368. The Labute approximate surface area is 232 Å². The molecule has 1 aliphatic heterocycles. The molecule has 2 fully saturated rings. The number of amides is 2. The van der Waals surface area contributed by atoms with Crippen LogP contribution in [0.25, 0.3) is 16.9 Å². The first-order valence-corrected chi connectivity index (χ1v) is 14.3. The number of carbonyl (C=O) groups excluding carboxylic acids is 2. The molecule has 0 saturated heterocycles. The maximum absolute atomic E-state index is 15.4. The Bertz CT molecular complexity index is 1660. The molecule has 40 heavy (non-hydrogen) atoms. The molecule has 7 rings (SSSR count). The van der Waals surface area contributed by atoms with Gasteiger partial charge in [-0.25, -0.2) is 13.9 Å². The Morgan fingerprint density at radius 3 is 2.70 bits per heavy atom. The number of nitrogens with one attached hydrogen (secondary N) is 1. The van der Waals surface area contributed by atoms with E-state index in [9.17, 15) is 9.59 Å². The fraction of sp³-hybridized carbons (Fsp3) is 0.375. The zero-order chi connectivity index (χ0) is 27.5. The lowest BCUT2D eigenvalue weighted by Gasteiger charge is -2.35. The van der Waals surface area contributed by atoms with Crippen molar-refractivity contribution in [2.75, 3.05) is 13.1 Å². The molecule has 1 N–H and O–H groups in total. The highest BCUT2D eigenvalue weighted by molar-refractivity contribution is 5.93. The topological polar surface area (TPSA) is 79.6 Å². The van der Waals surface area contributed by atoms with Crippen molar-refractivity contribution in [2.24, 2.45) is 5.92 Å². The highest BCUT2D eigenvalue weighted by Gasteiger charge is 2.44. The third-order valence-electron chi connectivity index (χ3n) is 8.70. The number of halogens is 1. The van der Waals surface area contributed by atoms with Crippen molar-refractivity contribution in [3.63, 3.8) is 0 Å². The molecule has 4 aromatic rings. The molecule has 0 radical (unpaired) electrons. The van der Waals surface area contributed by atoms with E-state index >= 15 is 4.39 Å². The number of hydrogen-bond acceptors (Lipinski definition) is 4. The summed E-state index contributed by atoms with van der Waals surface area (Å²) in [7, 11) is 0. The van der Waals surface area contributed by atoms with Gasteiger partial charge in [-0.15, -0.1) is 0 Å². The second kappa shape index (κ2) is 9.54. The van der Waals surface area contributed by atoms with E-state index in [1.54, 1.807) is 16.6 Å². The summed E-state index contributed by atoms with van der Waals surface area (Å²) in [6.45, 7) is 5.21. The van der Waals surface area contributed by atoms with Gasteiger partial charge >= 0.3 is 0 Å². The molecule has 3 atom stereocenters. The summed E-state index contributed by atoms with van der Waals surface area (Å²) in [6.07, 6.45) is 3.63. The van der Waals surface area contributed by atoms with Crippen molar-refractivity contribution in [2.45, 2.75) is 57.4 Å². The van der Waals surface area contributed by atoms with Gasteiger partial charge in [0.2, 0.25) is 5.91 Å². The fourth-order valence-corrected chi connectivity index (χ4v) is 6.23. The summed E-state index contributed by atoms with van der Waals surface area (Å²) < 4.78 is 17.2. The monoisotopic (exact) mass is 537 g/mol. The van der Waals surface area contributed by atoms with Crippen molar-refractivity contribution < 1.29 is 14.0 Å². The Morgan fingerprint density at radius 2 is 1.93 bits per heavy atom. The predicted molar refractivity (Wildman–Crippen MR) is 149 cm³/mol. The van der Waals surface area contributed by atoms with Crippen molar-refractivity contribution >= 4 is 17.5 Å². The molecular weight excluding hydrogens is 505 g/mol. The van der Waals surface area contributed by atoms with E-state index < -0.39 is 0 Å². The predicted octanol–water partition coefficient (Wildman–Crippen LogP) is 5.41. The third kappa shape index (κ3) is 4.26. The summed E-state index contributed by atoms with van der Waals surface area (Å²) in [4.78, 5) is 32.5. The van der Waals surface area contributed by atoms with Gasteiger partial charge in [-0.3, -0.25) is 9.59 Å². The first-order valence-electron chi connectivity index (χ1n) is 14.3. The lowest BCUT2D eigenvalue weighted by atomic mass is 9.93. The third-order valence-corrected chi connectivity index (χ3v) is 8.70. The number of benzene rings is 2. The van der Waals surface area contributed by atoms with Crippen LogP contribution in [0, 0.1) is 11.7 Å². The van der Waals surface area contributed by atoms with Crippen molar-refractivity contribution in [1.82, 2.24) is 24.8 Å². The zero-order valence-electron chi connectivity index (χ0n) is 22.7. The number of hydrogen-bond donors (Lipinski definition) is 1. The van der Waals surface area contributed by atoms with Crippen LogP contribution in [0.15, 0.2) is 54.6 Å². The van der Waals surface area contributed by atoms with Crippen LogP contribution in [-0.4, -0.2) is 44.4 Å². The van der Waals surface area contributed by atoms with Crippen LogP contribution >= 0.6 is 0 Å². The summed E-state index contributed by atoms with van der Waals surface area (Å²) in [5.41, 5.74) is 6.09. The average molecular weight is 538 g/mol. The quantitative estimate of drug-likeness (QED) is 0.357. The van der Waals surface area contributed by atoms with Crippen molar-refractivity contribution in [3.05, 3.63) is 88.5 Å². The molecule has 2 aliphatic carbocycles. The smallest absolute Gasteiger partial charge is 0.273 e. The van der Waals surface area contributed by atoms with E-state index in [2.05, 4.69) is 24.4 Å². The normalized spacial score (nSPS) is 21.8. The largest absolute Gasteiger partial charge is 0.356 e. The molecule has 0 bridgehead atoms. The van der Waals surface area contributed by atoms with Gasteiger partial charge in [0.15, 0.2) is 5.65 Å². The minimum Gasteiger partial charge on any atom is -0.356 e. The minimum absolute atomic E-state index is 0.0320. The fourth-order valence-electron chi connectivity index (χ4n) is 6.23. The Morgan fingerprint density at radius 1 is 1.10 bits per heavy atom. The maximum atomic E-state index is 15.4. The molecular formula is C32H32FN5O2. The van der Waals surface area contributed by atoms with Gasteiger partial charge in [0.1, 0.15) is 11.5 Å². The van der Waals surface area contributed by atoms with Crippen LogP contribution < -0.4 is 5.32 Å². The Balaban J connectivity index is 1.20. The molecule has 0 unspecified atom stereocenters. The maximum Gasteiger partial charge on any atom is 0.273 e. The van der Waals surface area contributed by atoms with E-state index in [4.69, 9.17) is 10.1 Å². The zero-order valence-corrected chi connectivity index (χ0v) is 22.7.